The summed E-state index contributed by atoms with van der Waals surface area (Å²) in [6.45, 7) is 5.19. The minimum absolute atomic E-state index is 0.121. The van der Waals surface area contributed by atoms with Gasteiger partial charge in [-0.25, -0.2) is 0 Å². The standard InChI is InChI=1S/C15H22N2OS/c1-3-10-17(11-14(16)19)15(18)9-8-13-6-4-12(2)5-7-13/h4-7H,3,8-11H2,1-2H3,(H2,16,19). The molecule has 19 heavy (non-hydrogen) atoms. The molecule has 0 aliphatic carbocycles. The summed E-state index contributed by atoms with van der Waals surface area (Å²) in [6, 6.07) is 8.28. The second-order valence-corrected chi connectivity index (χ2v) is 5.29. The molecular weight excluding hydrogens is 256 g/mol. The van der Waals surface area contributed by atoms with Crippen molar-refractivity contribution in [3.05, 3.63) is 35.4 Å². The molecule has 2 N–H and O–H groups in total. The molecule has 0 spiro atoms. The summed E-state index contributed by atoms with van der Waals surface area (Å²) in [4.78, 5) is 14.2. The number of hydrogen-bond donors (Lipinski definition) is 1. The summed E-state index contributed by atoms with van der Waals surface area (Å²) in [5.74, 6) is 0.121. The van der Waals surface area contributed by atoms with E-state index >= 15 is 0 Å². The normalized spacial score (nSPS) is 10.2. The lowest BCUT2D eigenvalue weighted by molar-refractivity contribution is -0.130. The van der Waals surface area contributed by atoms with Gasteiger partial charge in [0.1, 0.15) is 0 Å². The molecule has 104 valence electrons. The van der Waals surface area contributed by atoms with Crippen molar-refractivity contribution in [3.63, 3.8) is 0 Å². The number of carbonyl (C=O) groups is 1. The molecule has 0 fully saturated rings. The first kappa shape index (κ1) is 15.6. The molecule has 0 saturated carbocycles. The van der Waals surface area contributed by atoms with Crippen LogP contribution >= 0.6 is 12.2 Å². The number of nitrogens with zero attached hydrogens (tertiary/aromatic N) is 1. The number of carbonyl (C=O) groups excluding carboxylic acids is 1. The van der Waals surface area contributed by atoms with Crippen molar-refractivity contribution in [1.82, 2.24) is 4.90 Å². The molecule has 0 aliphatic heterocycles. The highest BCUT2D eigenvalue weighted by molar-refractivity contribution is 7.80. The minimum Gasteiger partial charge on any atom is -0.392 e. The van der Waals surface area contributed by atoms with E-state index in [1.54, 1.807) is 4.90 Å². The van der Waals surface area contributed by atoms with Gasteiger partial charge in [0.2, 0.25) is 5.91 Å². The van der Waals surface area contributed by atoms with Crippen LogP contribution in [0.2, 0.25) is 0 Å². The molecule has 1 aromatic rings. The second kappa shape index (κ2) is 7.89. The summed E-state index contributed by atoms with van der Waals surface area (Å²) in [6.07, 6.45) is 2.18. The molecule has 1 aromatic carbocycles. The molecule has 1 amide bonds. The topological polar surface area (TPSA) is 46.3 Å². The fraction of sp³-hybridized carbons (Fsp3) is 0.467. The molecule has 0 radical (unpaired) electrons. The highest BCUT2D eigenvalue weighted by atomic mass is 32.1. The maximum atomic E-state index is 12.1. The molecule has 0 heterocycles. The van der Waals surface area contributed by atoms with E-state index in [-0.39, 0.29) is 5.91 Å². The van der Waals surface area contributed by atoms with E-state index in [1.165, 1.54) is 11.1 Å². The molecule has 3 nitrogen and oxygen atoms in total. The third-order valence-electron chi connectivity index (χ3n) is 2.94. The third kappa shape index (κ3) is 5.83. The lowest BCUT2D eigenvalue weighted by atomic mass is 10.1. The van der Waals surface area contributed by atoms with Crippen molar-refractivity contribution in [1.29, 1.82) is 0 Å². The van der Waals surface area contributed by atoms with E-state index in [2.05, 4.69) is 31.2 Å². The largest absolute Gasteiger partial charge is 0.392 e. The van der Waals surface area contributed by atoms with Crippen molar-refractivity contribution >= 4 is 23.1 Å². The van der Waals surface area contributed by atoms with Gasteiger partial charge in [-0.05, 0) is 25.3 Å². The summed E-state index contributed by atoms with van der Waals surface area (Å²) in [7, 11) is 0. The number of hydrogen-bond acceptors (Lipinski definition) is 2. The SMILES string of the molecule is CCCN(CC(N)=S)C(=O)CCc1ccc(C)cc1. The Morgan fingerprint density at radius 1 is 1.32 bits per heavy atom. The molecule has 0 aliphatic rings. The van der Waals surface area contributed by atoms with E-state index in [0.717, 1.165) is 12.8 Å². The summed E-state index contributed by atoms with van der Waals surface area (Å²) in [5.41, 5.74) is 7.94. The van der Waals surface area contributed by atoms with Gasteiger partial charge in [-0.1, -0.05) is 49.0 Å². The molecular formula is C15H22N2OS. The molecule has 0 saturated heterocycles. The van der Waals surface area contributed by atoms with Gasteiger partial charge in [-0.2, -0.15) is 0 Å². The first-order valence-electron chi connectivity index (χ1n) is 6.64. The lowest BCUT2D eigenvalue weighted by Gasteiger charge is -2.21. The van der Waals surface area contributed by atoms with E-state index in [0.29, 0.717) is 24.5 Å². The van der Waals surface area contributed by atoms with Crippen LogP contribution in [0.1, 0.15) is 30.9 Å². The molecule has 0 unspecified atom stereocenters. The first-order valence-corrected chi connectivity index (χ1v) is 7.05. The van der Waals surface area contributed by atoms with Gasteiger partial charge in [0.05, 0.1) is 11.5 Å². The number of aryl methyl sites for hydroxylation is 2. The van der Waals surface area contributed by atoms with Gasteiger partial charge >= 0.3 is 0 Å². The minimum atomic E-state index is 0.121. The van der Waals surface area contributed by atoms with E-state index < -0.39 is 0 Å². The van der Waals surface area contributed by atoms with Crippen LogP contribution in [0.3, 0.4) is 0 Å². The van der Waals surface area contributed by atoms with Crippen LogP contribution in [0.4, 0.5) is 0 Å². The van der Waals surface area contributed by atoms with Gasteiger partial charge in [-0.15, -0.1) is 0 Å². The maximum absolute atomic E-state index is 12.1. The van der Waals surface area contributed by atoms with Crippen LogP contribution < -0.4 is 5.73 Å². The molecule has 0 atom stereocenters. The molecule has 1 rings (SSSR count). The van der Waals surface area contributed by atoms with Crippen molar-refractivity contribution in [2.24, 2.45) is 5.73 Å². The van der Waals surface area contributed by atoms with Crippen molar-refractivity contribution in [2.75, 3.05) is 13.1 Å². The fourth-order valence-corrected chi connectivity index (χ4v) is 2.07. The Labute approximate surface area is 120 Å². The first-order chi connectivity index (χ1) is 9.02. The van der Waals surface area contributed by atoms with Crippen LogP contribution in [0, 0.1) is 6.92 Å². The van der Waals surface area contributed by atoms with E-state index in [4.69, 9.17) is 18.0 Å². The average molecular weight is 278 g/mol. The Bertz CT molecular complexity index is 428. The summed E-state index contributed by atoms with van der Waals surface area (Å²) < 4.78 is 0. The Balaban J connectivity index is 2.51. The van der Waals surface area contributed by atoms with Crippen LogP contribution in [0.25, 0.3) is 0 Å². The highest BCUT2D eigenvalue weighted by Gasteiger charge is 2.13. The zero-order valence-electron chi connectivity index (χ0n) is 11.7. The monoisotopic (exact) mass is 278 g/mol. The zero-order valence-corrected chi connectivity index (χ0v) is 12.5. The van der Waals surface area contributed by atoms with E-state index in [9.17, 15) is 4.79 Å². The van der Waals surface area contributed by atoms with Crippen LogP contribution in [-0.2, 0) is 11.2 Å². The third-order valence-corrected chi connectivity index (χ3v) is 3.07. The molecule has 4 heteroatoms. The van der Waals surface area contributed by atoms with Crippen LogP contribution in [0.15, 0.2) is 24.3 Å². The van der Waals surface area contributed by atoms with Crippen molar-refractivity contribution in [2.45, 2.75) is 33.1 Å². The van der Waals surface area contributed by atoms with Crippen LogP contribution in [0.5, 0.6) is 0 Å². The summed E-state index contributed by atoms with van der Waals surface area (Å²) >= 11 is 4.88. The van der Waals surface area contributed by atoms with Gasteiger partial charge in [0.25, 0.3) is 0 Å². The number of benzene rings is 1. The van der Waals surface area contributed by atoms with Gasteiger partial charge in [-0.3, -0.25) is 4.79 Å². The highest BCUT2D eigenvalue weighted by Crippen LogP contribution is 2.07. The molecule has 0 bridgehead atoms. The van der Waals surface area contributed by atoms with Gasteiger partial charge < -0.3 is 10.6 Å². The fourth-order valence-electron chi connectivity index (χ4n) is 1.91. The predicted octanol–water partition coefficient (Wildman–Crippen LogP) is 2.45. The number of thiocarbonyl (C=S) groups is 1. The Kier molecular flexibility index (Phi) is 6.50. The molecule has 0 aromatic heterocycles. The Morgan fingerprint density at radius 2 is 1.95 bits per heavy atom. The summed E-state index contributed by atoms with van der Waals surface area (Å²) in [5, 5.41) is 0. The second-order valence-electron chi connectivity index (χ2n) is 4.77. The smallest absolute Gasteiger partial charge is 0.223 e. The Morgan fingerprint density at radius 3 is 2.47 bits per heavy atom. The van der Waals surface area contributed by atoms with Gasteiger partial charge in [0, 0.05) is 13.0 Å². The zero-order chi connectivity index (χ0) is 14.3. The van der Waals surface area contributed by atoms with E-state index in [1.807, 2.05) is 6.92 Å². The number of amides is 1. The van der Waals surface area contributed by atoms with Crippen molar-refractivity contribution in [3.8, 4) is 0 Å². The predicted molar refractivity (Wildman–Crippen MR) is 83.2 cm³/mol. The average Bonchev–Trinajstić information content (AvgIpc) is 2.37. The van der Waals surface area contributed by atoms with Gasteiger partial charge in [0.15, 0.2) is 0 Å². The lowest BCUT2D eigenvalue weighted by Crippen LogP contribution is -2.38. The maximum Gasteiger partial charge on any atom is 0.223 e. The van der Waals surface area contributed by atoms with Crippen molar-refractivity contribution < 1.29 is 4.79 Å². The van der Waals surface area contributed by atoms with Crippen LogP contribution in [-0.4, -0.2) is 28.9 Å². The Hall–Kier alpha value is -1.42. The number of rotatable bonds is 7. The quantitative estimate of drug-likeness (QED) is 0.779. The number of nitrogens with two attached hydrogens (primary N) is 1.